The summed E-state index contributed by atoms with van der Waals surface area (Å²) < 4.78 is 5.81. The molecule has 0 atom stereocenters. The van der Waals surface area contributed by atoms with Crippen molar-refractivity contribution in [3.63, 3.8) is 0 Å². The van der Waals surface area contributed by atoms with E-state index in [1.165, 1.54) is 30.2 Å². The number of nitrogens with zero attached hydrogens (tertiary/aromatic N) is 1. The summed E-state index contributed by atoms with van der Waals surface area (Å²) in [5.74, 6) is 4.66. The number of thioether (sulfide) groups is 1. The van der Waals surface area contributed by atoms with E-state index >= 15 is 0 Å². The molecular weight excluding hydrogens is 244 g/mol. The topological polar surface area (TPSA) is 28.4 Å². The third-order valence-corrected chi connectivity index (χ3v) is 4.20. The molecule has 1 aromatic rings. The largest absolute Gasteiger partial charge is 0.465 e. The molecule has 0 radical (unpaired) electrons. The lowest BCUT2D eigenvalue weighted by Gasteiger charge is -2.25. The fourth-order valence-electron chi connectivity index (χ4n) is 2.14. The van der Waals surface area contributed by atoms with Crippen molar-refractivity contribution in [1.29, 1.82) is 0 Å². The van der Waals surface area contributed by atoms with Crippen LogP contribution in [-0.2, 0) is 13.1 Å². The van der Waals surface area contributed by atoms with Crippen molar-refractivity contribution < 1.29 is 4.42 Å². The SMILES string of the molecule is Cc1oc(CNC(C)C)cc1CN1CCSCC1. The van der Waals surface area contributed by atoms with E-state index in [4.69, 9.17) is 4.42 Å². The molecule has 0 unspecified atom stereocenters. The molecule has 3 nitrogen and oxygen atoms in total. The van der Waals surface area contributed by atoms with Gasteiger partial charge in [-0.05, 0) is 13.0 Å². The Morgan fingerprint density at radius 3 is 2.78 bits per heavy atom. The zero-order valence-corrected chi connectivity index (χ0v) is 12.5. The third-order valence-electron chi connectivity index (χ3n) is 3.25. The van der Waals surface area contributed by atoms with Crippen molar-refractivity contribution in [3.05, 3.63) is 23.2 Å². The smallest absolute Gasteiger partial charge is 0.118 e. The highest BCUT2D eigenvalue weighted by Gasteiger charge is 2.14. The van der Waals surface area contributed by atoms with Gasteiger partial charge in [0.1, 0.15) is 11.5 Å². The van der Waals surface area contributed by atoms with Crippen LogP contribution in [0.4, 0.5) is 0 Å². The first-order valence-electron chi connectivity index (χ1n) is 6.77. The molecule has 1 N–H and O–H groups in total. The van der Waals surface area contributed by atoms with Crippen molar-refractivity contribution >= 4 is 11.8 Å². The van der Waals surface area contributed by atoms with Crippen molar-refractivity contribution in [2.24, 2.45) is 0 Å². The van der Waals surface area contributed by atoms with Crippen LogP contribution in [0.25, 0.3) is 0 Å². The van der Waals surface area contributed by atoms with Crippen LogP contribution in [0.3, 0.4) is 0 Å². The molecule has 4 heteroatoms. The summed E-state index contributed by atoms with van der Waals surface area (Å²) in [5.41, 5.74) is 1.35. The van der Waals surface area contributed by atoms with Crippen LogP contribution in [0.2, 0.25) is 0 Å². The molecular formula is C14H24N2OS. The molecule has 1 fully saturated rings. The number of hydrogen-bond donors (Lipinski definition) is 1. The summed E-state index contributed by atoms with van der Waals surface area (Å²) >= 11 is 2.05. The summed E-state index contributed by atoms with van der Waals surface area (Å²) in [7, 11) is 0. The van der Waals surface area contributed by atoms with Gasteiger partial charge in [-0.3, -0.25) is 4.90 Å². The Bertz CT molecular complexity index is 370. The van der Waals surface area contributed by atoms with Crippen molar-refractivity contribution in [3.8, 4) is 0 Å². The number of hydrogen-bond acceptors (Lipinski definition) is 4. The monoisotopic (exact) mass is 268 g/mol. The normalized spacial score (nSPS) is 17.6. The average Bonchev–Trinajstić information content (AvgIpc) is 2.69. The van der Waals surface area contributed by atoms with Gasteiger partial charge in [0.05, 0.1) is 6.54 Å². The van der Waals surface area contributed by atoms with Gasteiger partial charge in [-0.15, -0.1) is 0 Å². The van der Waals surface area contributed by atoms with Gasteiger partial charge in [0, 0.05) is 42.7 Å². The molecule has 0 aromatic carbocycles. The quantitative estimate of drug-likeness (QED) is 0.888. The van der Waals surface area contributed by atoms with Crippen LogP contribution >= 0.6 is 11.8 Å². The van der Waals surface area contributed by atoms with Gasteiger partial charge in [0.25, 0.3) is 0 Å². The first kappa shape index (κ1) is 14.0. The molecule has 0 bridgehead atoms. The van der Waals surface area contributed by atoms with E-state index in [-0.39, 0.29) is 0 Å². The van der Waals surface area contributed by atoms with Gasteiger partial charge in [-0.2, -0.15) is 11.8 Å². The molecule has 1 saturated heterocycles. The first-order valence-corrected chi connectivity index (χ1v) is 7.92. The van der Waals surface area contributed by atoms with Crippen LogP contribution in [-0.4, -0.2) is 35.5 Å². The van der Waals surface area contributed by atoms with E-state index in [2.05, 4.69) is 48.8 Å². The van der Waals surface area contributed by atoms with Gasteiger partial charge in [0.2, 0.25) is 0 Å². The van der Waals surface area contributed by atoms with Crippen LogP contribution in [0.15, 0.2) is 10.5 Å². The minimum atomic E-state index is 0.498. The molecule has 2 heterocycles. The zero-order valence-electron chi connectivity index (χ0n) is 11.7. The van der Waals surface area contributed by atoms with E-state index in [0.29, 0.717) is 6.04 Å². The lowest BCUT2D eigenvalue weighted by atomic mass is 10.2. The summed E-state index contributed by atoms with van der Waals surface area (Å²) in [6.07, 6.45) is 0. The fraction of sp³-hybridized carbons (Fsp3) is 0.714. The van der Waals surface area contributed by atoms with Gasteiger partial charge in [-0.1, -0.05) is 13.8 Å². The van der Waals surface area contributed by atoms with Crippen LogP contribution in [0, 0.1) is 6.92 Å². The van der Waals surface area contributed by atoms with E-state index in [9.17, 15) is 0 Å². The van der Waals surface area contributed by atoms with E-state index in [0.717, 1.165) is 24.6 Å². The van der Waals surface area contributed by atoms with Crippen LogP contribution < -0.4 is 5.32 Å². The highest BCUT2D eigenvalue weighted by molar-refractivity contribution is 7.99. The molecule has 1 aliphatic rings. The maximum absolute atomic E-state index is 5.81. The van der Waals surface area contributed by atoms with Gasteiger partial charge in [-0.25, -0.2) is 0 Å². The number of furan rings is 1. The second-order valence-corrected chi connectivity index (χ2v) is 6.44. The molecule has 0 saturated carbocycles. The second-order valence-electron chi connectivity index (χ2n) is 5.22. The van der Waals surface area contributed by atoms with E-state index in [1.807, 2.05) is 0 Å². The summed E-state index contributed by atoms with van der Waals surface area (Å²) in [4.78, 5) is 2.52. The van der Waals surface area contributed by atoms with Crippen LogP contribution in [0.5, 0.6) is 0 Å². The Morgan fingerprint density at radius 1 is 1.39 bits per heavy atom. The lowest BCUT2D eigenvalue weighted by Crippen LogP contribution is -2.32. The van der Waals surface area contributed by atoms with Crippen LogP contribution in [0.1, 0.15) is 30.9 Å². The van der Waals surface area contributed by atoms with Crippen molar-refractivity contribution in [2.45, 2.75) is 39.9 Å². The molecule has 2 rings (SSSR count). The van der Waals surface area contributed by atoms with Gasteiger partial charge < -0.3 is 9.73 Å². The predicted octanol–water partition coefficient (Wildman–Crippen LogP) is 2.63. The Labute approximate surface area is 114 Å². The first-order chi connectivity index (χ1) is 8.65. The Kier molecular flexibility index (Phi) is 5.15. The molecule has 0 aliphatic carbocycles. The summed E-state index contributed by atoms with van der Waals surface area (Å²) in [6.45, 7) is 10.7. The number of aryl methyl sites for hydroxylation is 1. The highest BCUT2D eigenvalue weighted by Crippen LogP contribution is 2.19. The molecule has 102 valence electrons. The molecule has 1 aliphatic heterocycles. The number of rotatable bonds is 5. The summed E-state index contributed by atoms with van der Waals surface area (Å²) in [5, 5.41) is 3.40. The minimum absolute atomic E-state index is 0.498. The molecule has 1 aromatic heterocycles. The maximum Gasteiger partial charge on any atom is 0.118 e. The highest BCUT2D eigenvalue weighted by atomic mass is 32.2. The Balaban J connectivity index is 1.91. The van der Waals surface area contributed by atoms with Crippen molar-refractivity contribution in [2.75, 3.05) is 24.6 Å². The predicted molar refractivity (Wildman–Crippen MR) is 78.0 cm³/mol. The second kappa shape index (κ2) is 6.64. The van der Waals surface area contributed by atoms with Gasteiger partial charge >= 0.3 is 0 Å². The Morgan fingerprint density at radius 2 is 2.11 bits per heavy atom. The van der Waals surface area contributed by atoms with E-state index < -0.39 is 0 Å². The fourth-order valence-corrected chi connectivity index (χ4v) is 3.12. The van der Waals surface area contributed by atoms with Gasteiger partial charge in [0.15, 0.2) is 0 Å². The third kappa shape index (κ3) is 4.04. The maximum atomic E-state index is 5.81. The van der Waals surface area contributed by atoms with E-state index in [1.54, 1.807) is 0 Å². The molecule has 18 heavy (non-hydrogen) atoms. The Hall–Kier alpha value is -0.450. The molecule has 0 spiro atoms. The lowest BCUT2D eigenvalue weighted by molar-refractivity contribution is 0.292. The molecule has 0 amide bonds. The average molecular weight is 268 g/mol. The standard InChI is InChI=1S/C14H24N2OS/c1-11(2)15-9-14-8-13(12(3)17-14)10-16-4-6-18-7-5-16/h8,11,15H,4-7,9-10H2,1-3H3. The zero-order chi connectivity index (χ0) is 13.0. The number of nitrogens with one attached hydrogen (secondary N) is 1. The minimum Gasteiger partial charge on any atom is -0.465 e. The summed E-state index contributed by atoms with van der Waals surface area (Å²) in [6, 6.07) is 2.71. The van der Waals surface area contributed by atoms with Crippen molar-refractivity contribution in [1.82, 2.24) is 10.2 Å².